The van der Waals surface area contributed by atoms with Gasteiger partial charge in [-0.15, -0.1) is 0 Å². The van der Waals surface area contributed by atoms with Crippen molar-refractivity contribution in [2.75, 3.05) is 13.2 Å². The molecule has 0 aliphatic carbocycles. The summed E-state index contributed by atoms with van der Waals surface area (Å²) in [6.07, 6.45) is -6.39. The molecule has 0 saturated carbocycles. The summed E-state index contributed by atoms with van der Waals surface area (Å²) < 4.78 is 0. The SMILES string of the molecule is OC[C@@H](O)[C@@H](O)[C@H](O)[C@H](O)CO.[KH]. The molecule has 6 N–H and O–H groups in total. The molecule has 4 atom stereocenters. The molecule has 0 heterocycles. The Morgan fingerprint density at radius 3 is 1.08 bits per heavy atom. The first-order valence-corrected chi connectivity index (χ1v) is 3.48. The van der Waals surface area contributed by atoms with Crippen molar-refractivity contribution in [1.82, 2.24) is 0 Å². The molecule has 6 nitrogen and oxygen atoms in total. The molecule has 0 fully saturated rings. The van der Waals surface area contributed by atoms with E-state index in [9.17, 15) is 0 Å². The van der Waals surface area contributed by atoms with Crippen molar-refractivity contribution in [3.63, 3.8) is 0 Å². The average molecular weight is 222 g/mol. The van der Waals surface area contributed by atoms with Gasteiger partial charge in [0.15, 0.2) is 0 Å². The van der Waals surface area contributed by atoms with Crippen LogP contribution in [0.4, 0.5) is 0 Å². The van der Waals surface area contributed by atoms with E-state index in [1.807, 2.05) is 0 Å². The topological polar surface area (TPSA) is 121 Å². The van der Waals surface area contributed by atoms with E-state index < -0.39 is 37.6 Å². The maximum atomic E-state index is 8.96. The van der Waals surface area contributed by atoms with Gasteiger partial charge in [0.25, 0.3) is 0 Å². The molecular formula is C6H15KO6. The van der Waals surface area contributed by atoms with Crippen LogP contribution in [-0.2, 0) is 0 Å². The molecule has 0 aliphatic rings. The summed E-state index contributed by atoms with van der Waals surface area (Å²) in [4.78, 5) is 0. The van der Waals surface area contributed by atoms with Gasteiger partial charge in [-0.05, 0) is 0 Å². The van der Waals surface area contributed by atoms with Crippen molar-refractivity contribution in [3.8, 4) is 0 Å². The predicted octanol–water partition coefficient (Wildman–Crippen LogP) is -4.23. The zero-order valence-electron chi connectivity index (χ0n) is 6.41. The van der Waals surface area contributed by atoms with Crippen LogP contribution in [0.5, 0.6) is 0 Å². The number of hydrogen-bond donors (Lipinski definition) is 6. The molecule has 0 saturated heterocycles. The molecule has 7 heteroatoms. The summed E-state index contributed by atoms with van der Waals surface area (Å²) in [7, 11) is 0. The Morgan fingerprint density at radius 1 is 0.692 bits per heavy atom. The third-order valence-corrected chi connectivity index (χ3v) is 1.51. The normalized spacial score (nSPS) is 19.8. The van der Waals surface area contributed by atoms with Gasteiger partial charge in [-0.3, -0.25) is 0 Å². The van der Waals surface area contributed by atoms with Gasteiger partial charge in [0.05, 0.1) is 13.2 Å². The minimum absolute atomic E-state index is 0. The van der Waals surface area contributed by atoms with Gasteiger partial charge >= 0.3 is 51.4 Å². The second-order valence-electron chi connectivity index (χ2n) is 2.48. The zero-order chi connectivity index (χ0) is 9.72. The van der Waals surface area contributed by atoms with Gasteiger partial charge in [0, 0.05) is 0 Å². The van der Waals surface area contributed by atoms with Crippen LogP contribution in [0.1, 0.15) is 0 Å². The fourth-order valence-corrected chi connectivity index (χ4v) is 0.671. The average Bonchev–Trinajstić information content (AvgIpc) is 2.12. The third kappa shape index (κ3) is 5.75. The van der Waals surface area contributed by atoms with E-state index in [4.69, 9.17) is 30.6 Å². The Balaban J connectivity index is 0. The maximum absolute atomic E-state index is 8.96. The Morgan fingerprint density at radius 2 is 0.923 bits per heavy atom. The quantitative estimate of drug-likeness (QED) is 0.262. The Hall–Kier alpha value is 1.40. The molecule has 0 aromatic carbocycles. The van der Waals surface area contributed by atoms with E-state index in [2.05, 4.69) is 0 Å². The molecule has 0 radical (unpaired) electrons. The molecular weight excluding hydrogens is 207 g/mol. The van der Waals surface area contributed by atoms with Crippen molar-refractivity contribution >= 4 is 51.4 Å². The first kappa shape index (κ1) is 16.8. The van der Waals surface area contributed by atoms with E-state index >= 15 is 0 Å². The molecule has 0 amide bonds. The fraction of sp³-hybridized carbons (Fsp3) is 1.00. The second-order valence-corrected chi connectivity index (χ2v) is 2.48. The first-order valence-electron chi connectivity index (χ1n) is 3.48. The molecule has 13 heavy (non-hydrogen) atoms. The molecule has 0 bridgehead atoms. The van der Waals surface area contributed by atoms with Gasteiger partial charge in [-0.25, -0.2) is 0 Å². The monoisotopic (exact) mass is 222 g/mol. The summed E-state index contributed by atoms with van der Waals surface area (Å²) in [5, 5.41) is 52.2. The molecule has 0 spiro atoms. The van der Waals surface area contributed by atoms with Crippen molar-refractivity contribution in [2.45, 2.75) is 24.4 Å². The number of aliphatic hydroxyl groups excluding tert-OH is 6. The van der Waals surface area contributed by atoms with Crippen LogP contribution in [0.3, 0.4) is 0 Å². The standard InChI is InChI=1S/C6H14O6.K.H/c7-1-3(9)5(11)6(12)4(10)2-8;;/h3-12H,1-2H2;;/t3-,4-,5-,6-;;/m1../s1. The van der Waals surface area contributed by atoms with Gasteiger partial charge in [0.2, 0.25) is 0 Å². The first-order chi connectivity index (χ1) is 5.54. The summed E-state index contributed by atoms with van der Waals surface area (Å²) in [6.45, 7) is -1.45. The van der Waals surface area contributed by atoms with Gasteiger partial charge < -0.3 is 30.6 Å². The molecule has 0 aromatic heterocycles. The van der Waals surface area contributed by atoms with Crippen LogP contribution in [0.25, 0.3) is 0 Å². The predicted molar refractivity (Wildman–Crippen MR) is 45.3 cm³/mol. The van der Waals surface area contributed by atoms with E-state index in [0.29, 0.717) is 0 Å². The Kier molecular flexibility index (Phi) is 11.2. The molecule has 0 rings (SSSR count). The van der Waals surface area contributed by atoms with Gasteiger partial charge in [0.1, 0.15) is 24.4 Å². The Bertz CT molecular complexity index is 110. The number of hydrogen-bond acceptors (Lipinski definition) is 6. The van der Waals surface area contributed by atoms with Crippen LogP contribution in [0.2, 0.25) is 0 Å². The van der Waals surface area contributed by atoms with Crippen molar-refractivity contribution < 1.29 is 30.6 Å². The summed E-state index contributed by atoms with van der Waals surface area (Å²) in [5.41, 5.74) is 0. The molecule has 0 aromatic rings. The van der Waals surface area contributed by atoms with E-state index in [1.165, 1.54) is 0 Å². The third-order valence-electron chi connectivity index (χ3n) is 1.51. The van der Waals surface area contributed by atoms with Crippen LogP contribution < -0.4 is 0 Å². The molecule has 76 valence electrons. The molecule has 0 aliphatic heterocycles. The van der Waals surface area contributed by atoms with E-state index in [0.717, 1.165) is 0 Å². The summed E-state index contributed by atoms with van der Waals surface area (Å²) in [6, 6.07) is 0. The summed E-state index contributed by atoms with van der Waals surface area (Å²) in [5.74, 6) is 0. The van der Waals surface area contributed by atoms with Crippen LogP contribution >= 0.6 is 0 Å². The van der Waals surface area contributed by atoms with Crippen LogP contribution in [0, 0.1) is 0 Å². The minimum atomic E-state index is -1.67. The van der Waals surface area contributed by atoms with Gasteiger partial charge in [-0.2, -0.15) is 0 Å². The van der Waals surface area contributed by atoms with Crippen LogP contribution in [0.15, 0.2) is 0 Å². The van der Waals surface area contributed by atoms with Gasteiger partial charge in [-0.1, -0.05) is 0 Å². The van der Waals surface area contributed by atoms with Crippen molar-refractivity contribution in [1.29, 1.82) is 0 Å². The van der Waals surface area contributed by atoms with Crippen molar-refractivity contribution in [2.24, 2.45) is 0 Å². The molecule has 0 unspecified atom stereocenters. The number of aliphatic hydroxyl groups is 6. The fourth-order valence-electron chi connectivity index (χ4n) is 0.671. The Labute approximate surface area is 118 Å². The zero-order valence-corrected chi connectivity index (χ0v) is 6.41. The summed E-state index contributed by atoms with van der Waals surface area (Å²) >= 11 is 0. The van der Waals surface area contributed by atoms with Crippen LogP contribution in [-0.4, -0.2) is 120 Å². The second kappa shape index (κ2) is 8.68. The van der Waals surface area contributed by atoms with E-state index in [-0.39, 0.29) is 51.4 Å². The van der Waals surface area contributed by atoms with Crippen molar-refractivity contribution in [3.05, 3.63) is 0 Å². The number of rotatable bonds is 5. The van der Waals surface area contributed by atoms with E-state index in [1.54, 1.807) is 0 Å².